The number of carbonyl (C=O) groups excluding carboxylic acids is 1. The summed E-state index contributed by atoms with van der Waals surface area (Å²) < 4.78 is 47.2. The van der Waals surface area contributed by atoms with Crippen molar-refractivity contribution in [2.24, 2.45) is 0 Å². The van der Waals surface area contributed by atoms with Crippen LogP contribution in [-0.2, 0) is 15.7 Å². The molecular formula is C11H13F3N2O3. The molecule has 0 radical (unpaired) electrons. The van der Waals surface area contributed by atoms with Gasteiger partial charge in [0.25, 0.3) is 0 Å². The number of nitrogens with zero attached hydrogens (tertiary/aromatic N) is 2. The van der Waals surface area contributed by atoms with Crippen molar-refractivity contribution in [3.05, 3.63) is 18.1 Å². The van der Waals surface area contributed by atoms with Crippen molar-refractivity contribution in [3.8, 4) is 5.88 Å². The molecule has 0 unspecified atom stereocenters. The molecule has 1 rings (SSSR count). The third-order valence-corrected chi connectivity index (χ3v) is 1.68. The first kappa shape index (κ1) is 15.2. The van der Waals surface area contributed by atoms with Crippen molar-refractivity contribution in [1.82, 2.24) is 9.97 Å². The van der Waals surface area contributed by atoms with E-state index in [1.807, 2.05) is 0 Å². The molecule has 0 N–H and O–H groups in total. The zero-order valence-corrected chi connectivity index (χ0v) is 10.6. The van der Waals surface area contributed by atoms with Crippen LogP contribution in [0.2, 0.25) is 0 Å². The summed E-state index contributed by atoms with van der Waals surface area (Å²) in [6.45, 7) is 4.23. The molecule has 1 aromatic heterocycles. The Balaban J connectivity index is 2.71. The fourth-order valence-corrected chi connectivity index (χ4v) is 1.12. The second kappa shape index (κ2) is 5.41. The third kappa shape index (κ3) is 5.11. The van der Waals surface area contributed by atoms with Crippen LogP contribution in [0, 0.1) is 0 Å². The van der Waals surface area contributed by atoms with Crippen molar-refractivity contribution in [2.45, 2.75) is 32.5 Å². The SMILES string of the molecule is CC(C)(C)OC(=O)COc1nccnc1C(F)(F)F. The topological polar surface area (TPSA) is 61.3 Å². The lowest BCUT2D eigenvalue weighted by Crippen LogP contribution is -2.28. The molecule has 106 valence electrons. The first-order valence-corrected chi connectivity index (χ1v) is 5.32. The fourth-order valence-electron chi connectivity index (χ4n) is 1.12. The van der Waals surface area contributed by atoms with E-state index in [0.717, 1.165) is 12.4 Å². The van der Waals surface area contributed by atoms with Crippen molar-refractivity contribution >= 4 is 5.97 Å². The van der Waals surface area contributed by atoms with E-state index in [2.05, 4.69) is 9.97 Å². The monoisotopic (exact) mass is 278 g/mol. The van der Waals surface area contributed by atoms with Crippen LogP contribution in [0.3, 0.4) is 0 Å². The highest BCUT2D eigenvalue weighted by Gasteiger charge is 2.37. The van der Waals surface area contributed by atoms with Gasteiger partial charge in [0, 0.05) is 12.4 Å². The van der Waals surface area contributed by atoms with E-state index in [-0.39, 0.29) is 0 Å². The number of hydrogen-bond acceptors (Lipinski definition) is 5. The molecule has 0 aromatic carbocycles. The zero-order chi connectivity index (χ0) is 14.7. The second-order valence-corrected chi connectivity index (χ2v) is 4.58. The molecule has 1 heterocycles. The molecule has 0 aliphatic rings. The van der Waals surface area contributed by atoms with Gasteiger partial charge in [0.2, 0.25) is 11.6 Å². The van der Waals surface area contributed by atoms with Crippen molar-refractivity contribution in [1.29, 1.82) is 0 Å². The standard InChI is InChI=1S/C11H13F3N2O3/c1-10(2,3)19-7(17)6-18-9-8(11(12,13)14)15-4-5-16-9/h4-5H,6H2,1-3H3. The zero-order valence-electron chi connectivity index (χ0n) is 10.6. The minimum absolute atomic E-state index is 0.668. The number of carbonyl (C=O) groups is 1. The maximum Gasteiger partial charge on any atom is 0.438 e. The quantitative estimate of drug-likeness (QED) is 0.793. The van der Waals surface area contributed by atoms with Gasteiger partial charge in [0.15, 0.2) is 6.61 Å². The van der Waals surface area contributed by atoms with Gasteiger partial charge in [-0.15, -0.1) is 0 Å². The van der Waals surface area contributed by atoms with Crippen LogP contribution in [-0.4, -0.2) is 28.1 Å². The van der Waals surface area contributed by atoms with Crippen LogP contribution in [0.4, 0.5) is 13.2 Å². The van der Waals surface area contributed by atoms with Gasteiger partial charge in [-0.3, -0.25) is 0 Å². The van der Waals surface area contributed by atoms with Gasteiger partial charge in [0.1, 0.15) is 5.60 Å². The number of aromatic nitrogens is 2. The highest BCUT2D eigenvalue weighted by molar-refractivity contribution is 5.71. The summed E-state index contributed by atoms with van der Waals surface area (Å²) in [7, 11) is 0. The molecule has 0 atom stereocenters. The summed E-state index contributed by atoms with van der Waals surface area (Å²) in [5, 5.41) is 0. The minimum Gasteiger partial charge on any atom is -0.464 e. The van der Waals surface area contributed by atoms with Gasteiger partial charge in [0.05, 0.1) is 0 Å². The van der Waals surface area contributed by atoms with Gasteiger partial charge in [-0.2, -0.15) is 13.2 Å². The minimum atomic E-state index is -4.70. The molecule has 0 saturated carbocycles. The highest BCUT2D eigenvalue weighted by Crippen LogP contribution is 2.32. The number of rotatable bonds is 3. The summed E-state index contributed by atoms with van der Waals surface area (Å²) in [4.78, 5) is 17.9. The lowest BCUT2D eigenvalue weighted by molar-refractivity contribution is -0.158. The fraction of sp³-hybridized carbons (Fsp3) is 0.545. The predicted molar refractivity (Wildman–Crippen MR) is 58.4 cm³/mol. The van der Waals surface area contributed by atoms with Gasteiger partial charge >= 0.3 is 12.1 Å². The molecule has 0 amide bonds. The predicted octanol–water partition coefficient (Wildman–Crippen LogP) is 2.22. The van der Waals surface area contributed by atoms with E-state index >= 15 is 0 Å². The van der Waals surface area contributed by atoms with Gasteiger partial charge in [-0.25, -0.2) is 14.8 Å². The van der Waals surface area contributed by atoms with Crippen LogP contribution in [0.1, 0.15) is 26.5 Å². The first-order chi connectivity index (χ1) is 8.59. The first-order valence-electron chi connectivity index (χ1n) is 5.32. The molecule has 0 fully saturated rings. The largest absolute Gasteiger partial charge is 0.464 e. The maximum absolute atomic E-state index is 12.5. The van der Waals surface area contributed by atoms with Crippen LogP contribution >= 0.6 is 0 Å². The molecule has 1 aromatic rings. The summed E-state index contributed by atoms with van der Waals surface area (Å²) in [5.41, 5.74) is -2.02. The Kier molecular flexibility index (Phi) is 4.33. The third-order valence-electron chi connectivity index (χ3n) is 1.68. The van der Waals surface area contributed by atoms with Crippen molar-refractivity contribution in [2.75, 3.05) is 6.61 Å². The molecule has 0 aliphatic carbocycles. The van der Waals surface area contributed by atoms with Crippen molar-refractivity contribution in [3.63, 3.8) is 0 Å². The van der Waals surface area contributed by atoms with Crippen LogP contribution in [0.5, 0.6) is 5.88 Å². The lowest BCUT2D eigenvalue weighted by Gasteiger charge is -2.19. The molecule has 0 bridgehead atoms. The second-order valence-electron chi connectivity index (χ2n) is 4.58. The summed E-state index contributed by atoms with van der Waals surface area (Å²) in [5.74, 6) is -1.54. The Morgan fingerprint density at radius 3 is 2.32 bits per heavy atom. The number of alkyl halides is 3. The van der Waals surface area contributed by atoms with Crippen LogP contribution in [0.15, 0.2) is 12.4 Å². The van der Waals surface area contributed by atoms with E-state index < -0.39 is 35.9 Å². The lowest BCUT2D eigenvalue weighted by atomic mass is 10.2. The van der Waals surface area contributed by atoms with Gasteiger partial charge in [-0.1, -0.05) is 0 Å². The maximum atomic E-state index is 12.5. The Hall–Kier alpha value is -1.86. The van der Waals surface area contributed by atoms with E-state index in [4.69, 9.17) is 9.47 Å². The highest BCUT2D eigenvalue weighted by atomic mass is 19.4. The van der Waals surface area contributed by atoms with Crippen molar-refractivity contribution < 1.29 is 27.4 Å². The summed E-state index contributed by atoms with van der Waals surface area (Å²) in [6.07, 6.45) is -2.76. The van der Waals surface area contributed by atoms with E-state index in [0.29, 0.717) is 0 Å². The number of hydrogen-bond donors (Lipinski definition) is 0. The molecular weight excluding hydrogens is 265 g/mol. The Labute approximate surface area is 107 Å². The molecule has 8 heteroatoms. The molecule has 19 heavy (non-hydrogen) atoms. The average Bonchev–Trinajstić information content (AvgIpc) is 2.23. The molecule has 5 nitrogen and oxygen atoms in total. The molecule has 0 spiro atoms. The Bertz CT molecular complexity index is 455. The molecule has 0 saturated heterocycles. The normalized spacial score (nSPS) is 12.1. The Morgan fingerprint density at radius 1 is 1.21 bits per heavy atom. The van der Waals surface area contributed by atoms with Gasteiger partial charge < -0.3 is 9.47 Å². The Morgan fingerprint density at radius 2 is 1.79 bits per heavy atom. The smallest absolute Gasteiger partial charge is 0.438 e. The number of ether oxygens (including phenoxy) is 2. The van der Waals surface area contributed by atoms with Gasteiger partial charge in [-0.05, 0) is 20.8 Å². The molecule has 0 aliphatic heterocycles. The average molecular weight is 278 g/mol. The van der Waals surface area contributed by atoms with E-state index in [9.17, 15) is 18.0 Å². The number of halogens is 3. The van der Waals surface area contributed by atoms with Crippen LogP contribution < -0.4 is 4.74 Å². The van der Waals surface area contributed by atoms with E-state index in [1.54, 1.807) is 20.8 Å². The van der Waals surface area contributed by atoms with E-state index in [1.165, 1.54) is 0 Å². The number of esters is 1. The van der Waals surface area contributed by atoms with Crippen LogP contribution in [0.25, 0.3) is 0 Å². The summed E-state index contributed by atoms with van der Waals surface area (Å²) >= 11 is 0. The summed E-state index contributed by atoms with van der Waals surface area (Å²) in [6, 6.07) is 0.